The monoisotopic (exact) mass is 326 g/mol. The molecule has 1 aromatic rings. The van der Waals surface area contributed by atoms with Gasteiger partial charge in [-0.15, -0.1) is 0 Å². The summed E-state index contributed by atoms with van der Waals surface area (Å²) in [7, 11) is 0.909. The Balaban J connectivity index is 3.32. The van der Waals surface area contributed by atoms with E-state index in [4.69, 9.17) is 18.3 Å². The lowest BCUT2D eigenvalue weighted by molar-refractivity contribution is 0.121. The van der Waals surface area contributed by atoms with Gasteiger partial charge in [0.05, 0.1) is 0 Å². The van der Waals surface area contributed by atoms with Gasteiger partial charge in [-0.25, -0.2) is 0 Å². The van der Waals surface area contributed by atoms with Gasteiger partial charge in [-0.1, -0.05) is 0 Å². The molecule has 1 rings (SSSR count). The van der Waals surface area contributed by atoms with Gasteiger partial charge in [-0.2, -0.15) is 0 Å². The molecule has 0 atom stereocenters. The second kappa shape index (κ2) is 6.60. The van der Waals surface area contributed by atoms with Crippen molar-refractivity contribution in [3.8, 4) is 11.5 Å². The van der Waals surface area contributed by atoms with Crippen LogP contribution in [0.4, 0.5) is 0 Å². The van der Waals surface area contributed by atoms with Crippen LogP contribution in [0.25, 0.3) is 0 Å². The van der Waals surface area contributed by atoms with Crippen molar-refractivity contribution in [1.82, 2.24) is 0 Å². The molecule has 0 aliphatic carbocycles. The zero-order valence-corrected chi connectivity index (χ0v) is 16.4. The number of benzene rings is 1. The second-order valence-corrected chi connectivity index (χ2v) is 10.8. The number of ether oxygens (including phenoxy) is 2. The fourth-order valence-electron chi connectivity index (χ4n) is 1.98. The lowest BCUT2D eigenvalue weighted by Crippen LogP contribution is -2.49. The minimum atomic E-state index is -2.45. The Morgan fingerprint density at radius 2 is 1.09 bits per heavy atom. The number of hydrogen-bond donors (Lipinski definition) is 0. The van der Waals surface area contributed by atoms with Crippen LogP contribution in [0.1, 0.15) is 41.5 Å². The third-order valence-corrected chi connectivity index (χ3v) is 5.93. The molecule has 0 aliphatic rings. The summed E-state index contributed by atoms with van der Waals surface area (Å²) in [6, 6.07) is 5.89. The number of hydrogen-bond acceptors (Lipinski definition) is 4. The van der Waals surface area contributed by atoms with E-state index in [9.17, 15) is 0 Å². The summed E-state index contributed by atoms with van der Waals surface area (Å²) < 4.78 is 23.3. The SMILES string of the molecule is CO[Si](C)(OC)c1cc(OC(C)(C)C)cc(OC(C)(C)C)c1. The summed E-state index contributed by atoms with van der Waals surface area (Å²) in [6.07, 6.45) is 0. The first-order valence-electron chi connectivity index (χ1n) is 7.52. The normalized spacial score (nSPS) is 13.1. The van der Waals surface area contributed by atoms with Gasteiger partial charge in [0.25, 0.3) is 0 Å². The first-order chi connectivity index (χ1) is 9.88. The molecule has 0 unspecified atom stereocenters. The molecule has 0 aliphatic heterocycles. The maximum atomic E-state index is 6.01. The van der Waals surface area contributed by atoms with Gasteiger partial charge in [0, 0.05) is 25.5 Å². The summed E-state index contributed by atoms with van der Waals surface area (Å²) in [4.78, 5) is 0. The fraction of sp³-hybridized carbons (Fsp3) is 0.647. The van der Waals surface area contributed by atoms with Gasteiger partial charge >= 0.3 is 8.56 Å². The topological polar surface area (TPSA) is 36.9 Å². The Morgan fingerprint density at radius 1 is 0.727 bits per heavy atom. The molecule has 1 aromatic carbocycles. The summed E-state index contributed by atoms with van der Waals surface area (Å²) >= 11 is 0. The molecule has 0 radical (unpaired) electrons. The maximum absolute atomic E-state index is 6.01. The average Bonchev–Trinajstić information content (AvgIpc) is 2.33. The molecule has 4 nitrogen and oxygen atoms in total. The molecular formula is C17H30O4Si. The Kier molecular flexibility index (Phi) is 5.70. The highest BCUT2D eigenvalue weighted by molar-refractivity contribution is 6.80. The van der Waals surface area contributed by atoms with Crippen LogP contribution in [0.2, 0.25) is 6.55 Å². The van der Waals surface area contributed by atoms with Crippen molar-refractivity contribution in [2.24, 2.45) is 0 Å². The van der Waals surface area contributed by atoms with E-state index < -0.39 is 8.56 Å². The molecule has 22 heavy (non-hydrogen) atoms. The van der Waals surface area contributed by atoms with Crippen molar-refractivity contribution >= 4 is 13.7 Å². The van der Waals surface area contributed by atoms with E-state index in [0.717, 1.165) is 16.7 Å². The van der Waals surface area contributed by atoms with Crippen molar-refractivity contribution in [1.29, 1.82) is 0 Å². The van der Waals surface area contributed by atoms with Crippen molar-refractivity contribution in [3.05, 3.63) is 18.2 Å². The molecule has 5 heteroatoms. The summed E-state index contributed by atoms with van der Waals surface area (Å²) in [6.45, 7) is 14.1. The Labute approximate surface area is 136 Å². The molecular weight excluding hydrogens is 296 g/mol. The van der Waals surface area contributed by atoms with Crippen LogP contribution in [0.3, 0.4) is 0 Å². The van der Waals surface area contributed by atoms with E-state index in [0.29, 0.717) is 0 Å². The number of rotatable bonds is 5. The molecule has 0 saturated carbocycles. The van der Waals surface area contributed by atoms with E-state index >= 15 is 0 Å². The van der Waals surface area contributed by atoms with Crippen molar-refractivity contribution in [3.63, 3.8) is 0 Å². The van der Waals surface area contributed by atoms with E-state index in [2.05, 4.69) is 0 Å². The highest BCUT2D eigenvalue weighted by atomic mass is 28.4. The zero-order chi connectivity index (χ0) is 17.2. The summed E-state index contributed by atoms with van der Waals surface area (Å²) in [5, 5.41) is 0.985. The summed E-state index contributed by atoms with van der Waals surface area (Å²) in [5.41, 5.74) is -0.564. The van der Waals surface area contributed by atoms with Gasteiger partial charge in [0.2, 0.25) is 0 Å². The fourth-order valence-corrected chi connectivity index (χ4v) is 3.42. The first-order valence-corrected chi connectivity index (χ1v) is 9.84. The molecule has 0 heterocycles. The van der Waals surface area contributed by atoms with E-state index in [1.54, 1.807) is 14.2 Å². The van der Waals surface area contributed by atoms with Crippen molar-refractivity contribution < 1.29 is 18.3 Å². The molecule has 0 bridgehead atoms. The van der Waals surface area contributed by atoms with E-state index in [1.165, 1.54) is 0 Å². The van der Waals surface area contributed by atoms with Crippen molar-refractivity contribution in [2.75, 3.05) is 14.2 Å². The average molecular weight is 327 g/mol. The van der Waals surface area contributed by atoms with Crippen LogP contribution in [-0.2, 0) is 8.85 Å². The van der Waals surface area contributed by atoms with Gasteiger partial charge in [0.1, 0.15) is 22.7 Å². The Morgan fingerprint density at radius 3 is 1.36 bits per heavy atom. The molecule has 0 saturated heterocycles. The van der Waals surface area contributed by atoms with Crippen LogP contribution in [0.5, 0.6) is 11.5 Å². The standard InChI is InChI=1S/C17H30O4Si/c1-16(2,3)20-13-10-14(21-17(4,5)6)12-15(11-13)22(9,18-7)19-8/h10-12H,1-9H3. The molecule has 126 valence electrons. The predicted molar refractivity (Wildman–Crippen MR) is 92.5 cm³/mol. The quantitative estimate of drug-likeness (QED) is 0.775. The van der Waals surface area contributed by atoms with Crippen LogP contribution >= 0.6 is 0 Å². The molecule has 0 aromatic heterocycles. The lowest BCUT2D eigenvalue weighted by Gasteiger charge is -2.28. The minimum absolute atomic E-state index is 0.282. The third-order valence-electron chi connectivity index (χ3n) is 3.03. The van der Waals surface area contributed by atoms with E-state index in [1.807, 2.05) is 66.3 Å². The van der Waals surface area contributed by atoms with Gasteiger partial charge in [-0.3, -0.25) is 0 Å². The minimum Gasteiger partial charge on any atom is -0.488 e. The third kappa shape index (κ3) is 5.63. The molecule has 0 fully saturated rings. The zero-order valence-electron chi connectivity index (χ0n) is 15.4. The Hall–Kier alpha value is -1.04. The largest absolute Gasteiger partial charge is 0.488 e. The predicted octanol–water partition coefficient (Wildman–Crippen LogP) is 3.61. The highest BCUT2D eigenvalue weighted by Crippen LogP contribution is 2.26. The second-order valence-electron chi connectivity index (χ2n) is 7.48. The van der Waals surface area contributed by atoms with Gasteiger partial charge in [0.15, 0.2) is 0 Å². The molecule has 0 spiro atoms. The van der Waals surface area contributed by atoms with Crippen LogP contribution in [-0.4, -0.2) is 34.0 Å². The van der Waals surface area contributed by atoms with Crippen molar-refractivity contribution in [2.45, 2.75) is 59.3 Å². The van der Waals surface area contributed by atoms with Gasteiger partial charge in [-0.05, 0) is 60.2 Å². The first kappa shape index (κ1) is 19.0. The Bertz CT molecular complexity index is 462. The van der Waals surface area contributed by atoms with Crippen LogP contribution in [0.15, 0.2) is 18.2 Å². The van der Waals surface area contributed by atoms with E-state index in [-0.39, 0.29) is 11.2 Å². The smallest absolute Gasteiger partial charge is 0.369 e. The highest BCUT2D eigenvalue weighted by Gasteiger charge is 2.33. The lowest BCUT2D eigenvalue weighted by atomic mass is 10.2. The molecule has 0 N–H and O–H groups in total. The van der Waals surface area contributed by atoms with Gasteiger partial charge < -0.3 is 18.3 Å². The van der Waals surface area contributed by atoms with Crippen LogP contribution < -0.4 is 14.7 Å². The van der Waals surface area contributed by atoms with Crippen LogP contribution in [0, 0.1) is 0 Å². The molecule has 0 amide bonds. The summed E-state index contributed by atoms with van der Waals surface area (Å²) in [5.74, 6) is 1.52. The maximum Gasteiger partial charge on any atom is 0.369 e.